The number of hydrogen-bond acceptors (Lipinski definition) is 5. The number of ketones is 1. The van der Waals surface area contributed by atoms with Gasteiger partial charge in [0.15, 0.2) is 10.9 Å². The van der Waals surface area contributed by atoms with Crippen molar-refractivity contribution in [1.82, 2.24) is 14.9 Å². The van der Waals surface area contributed by atoms with Crippen LogP contribution in [0, 0.1) is 0 Å². The molecule has 0 fully saturated rings. The molecular formula is C29H29N3O3S. The van der Waals surface area contributed by atoms with Crippen molar-refractivity contribution in [2.75, 3.05) is 12.3 Å². The second-order valence-electron chi connectivity index (χ2n) is 8.91. The van der Waals surface area contributed by atoms with E-state index in [1.165, 1.54) is 18.7 Å². The van der Waals surface area contributed by atoms with E-state index in [4.69, 9.17) is 4.98 Å². The second-order valence-corrected chi connectivity index (χ2v) is 9.85. The molecule has 0 aliphatic carbocycles. The Hall–Kier alpha value is -3.71. The highest BCUT2D eigenvalue weighted by atomic mass is 32.2. The molecule has 0 spiro atoms. The molecule has 1 heterocycles. The summed E-state index contributed by atoms with van der Waals surface area (Å²) in [6, 6.07) is 22.5. The quantitative estimate of drug-likeness (QED) is 0.195. The maximum Gasteiger partial charge on any atom is 0.266 e. The highest BCUT2D eigenvalue weighted by molar-refractivity contribution is 7.99. The number of para-hydroxylation sites is 2. The van der Waals surface area contributed by atoms with Crippen molar-refractivity contribution in [1.29, 1.82) is 0 Å². The van der Waals surface area contributed by atoms with Gasteiger partial charge in [-0.3, -0.25) is 19.0 Å². The predicted molar refractivity (Wildman–Crippen MR) is 145 cm³/mol. The summed E-state index contributed by atoms with van der Waals surface area (Å²) in [5, 5.41) is 3.81. The molecule has 0 aliphatic heterocycles. The van der Waals surface area contributed by atoms with E-state index < -0.39 is 0 Å². The molecule has 1 N–H and O–H groups in total. The van der Waals surface area contributed by atoms with Crippen molar-refractivity contribution in [3.63, 3.8) is 0 Å². The summed E-state index contributed by atoms with van der Waals surface area (Å²) in [6.07, 6.45) is 0.700. The zero-order chi connectivity index (χ0) is 25.7. The van der Waals surface area contributed by atoms with Crippen LogP contribution >= 0.6 is 11.8 Å². The van der Waals surface area contributed by atoms with E-state index in [1.54, 1.807) is 22.8 Å². The minimum Gasteiger partial charge on any atom is -0.356 e. The number of aromatic nitrogens is 2. The van der Waals surface area contributed by atoms with Gasteiger partial charge >= 0.3 is 0 Å². The third kappa shape index (κ3) is 5.74. The topological polar surface area (TPSA) is 81.1 Å². The van der Waals surface area contributed by atoms with E-state index in [2.05, 4.69) is 19.2 Å². The van der Waals surface area contributed by atoms with Crippen molar-refractivity contribution < 1.29 is 9.59 Å². The fourth-order valence-electron chi connectivity index (χ4n) is 4.05. The zero-order valence-corrected chi connectivity index (χ0v) is 21.5. The zero-order valence-electron chi connectivity index (χ0n) is 20.7. The number of carbonyl (C=O) groups is 2. The number of rotatable bonds is 9. The summed E-state index contributed by atoms with van der Waals surface area (Å²) >= 11 is 1.27. The van der Waals surface area contributed by atoms with Gasteiger partial charge in [0.2, 0.25) is 5.91 Å². The molecule has 36 heavy (non-hydrogen) atoms. The molecule has 184 valence electrons. The highest BCUT2D eigenvalue weighted by Crippen LogP contribution is 2.27. The molecule has 4 aromatic rings. The Bertz CT molecular complexity index is 1460. The molecule has 0 bridgehead atoms. The number of amides is 1. The summed E-state index contributed by atoms with van der Waals surface area (Å²) in [6.45, 7) is 6.23. The van der Waals surface area contributed by atoms with Gasteiger partial charge in [0.25, 0.3) is 5.56 Å². The van der Waals surface area contributed by atoms with Crippen LogP contribution in [0.3, 0.4) is 0 Å². The summed E-state index contributed by atoms with van der Waals surface area (Å²) in [5.74, 6) is 0.262. The van der Waals surface area contributed by atoms with Crippen molar-refractivity contribution in [2.24, 2.45) is 0 Å². The first kappa shape index (κ1) is 25.4. The lowest BCUT2D eigenvalue weighted by Gasteiger charge is -2.18. The molecule has 0 atom stereocenters. The van der Waals surface area contributed by atoms with Crippen LogP contribution in [-0.4, -0.2) is 33.5 Å². The summed E-state index contributed by atoms with van der Waals surface area (Å²) in [4.78, 5) is 42.4. The van der Waals surface area contributed by atoms with E-state index in [-0.39, 0.29) is 28.9 Å². The number of benzene rings is 3. The molecule has 6 nitrogen and oxygen atoms in total. The van der Waals surface area contributed by atoms with Crippen LogP contribution in [0.5, 0.6) is 0 Å². The Morgan fingerprint density at radius 2 is 1.67 bits per heavy atom. The molecule has 4 rings (SSSR count). The second kappa shape index (κ2) is 11.4. The smallest absolute Gasteiger partial charge is 0.266 e. The van der Waals surface area contributed by atoms with Crippen LogP contribution < -0.4 is 10.9 Å². The molecule has 7 heteroatoms. The van der Waals surface area contributed by atoms with Gasteiger partial charge in [-0.1, -0.05) is 80.2 Å². The number of Topliss-reactive ketones (excluding diaryl/α,β-unsaturated/α-hetero) is 1. The first-order valence-corrected chi connectivity index (χ1v) is 12.9. The highest BCUT2D eigenvalue weighted by Gasteiger charge is 2.18. The fourth-order valence-corrected chi connectivity index (χ4v) is 4.95. The fraction of sp³-hybridized carbons (Fsp3) is 0.241. The van der Waals surface area contributed by atoms with E-state index in [9.17, 15) is 14.4 Å². The SMILES string of the molecule is CC(=O)NCCc1ccc(C(=O)CSc2nc3ccccc3c(=O)n2-c2ccccc2C(C)C)cc1. The number of carbonyl (C=O) groups excluding carboxylic acids is 2. The molecule has 1 aromatic heterocycles. The Kier molecular flexibility index (Phi) is 8.00. The molecular weight excluding hydrogens is 470 g/mol. The first-order chi connectivity index (χ1) is 17.3. The van der Waals surface area contributed by atoms with Gasteiger partial charge in [-0.15, -0.1) is 0 Å². The van der Waals surface area contributed by atoms with E-state index in [0.717, 1.165) is 16.8 Å². The Morgan fingerprint density at radius 3 is 2.39 bits per heavy atom. The van der Waals surface area contributed by atoms with Gasteiger partial charge in [-0.25, -0.2) is 4.98 Å². The van der Waals surface area contributed by atoms with Crippen LogP contribution in [0.1, 0.15) is 48.2 Å². The monoisotopic (exact) mass is 499 g/mol. The Balaban J connectivity index is 1.62. The lowest BCUT2D eigenvalue weighted by atomic mass is 10.0. The number of thioether (sulfide) groups is 1. The van der Waals surface area contributed by atoms with Crippen LogP contribution in [-0.2, 0) is 11.2 Å². The van der Waals surface area contributed by atoms with Gasteiger partial charge < -0.3 is 5.32 Å². The van der Waals surface area contributed by atoms with Crippen molar-refractivity contribution >= 4 is 34.4 Å². The lowest BCUT2D eigenvalue weighted by Crippen LogP contribution is -2.23. The largest absolute Gasteiger partial charge is 0.356 e. The molecule has 3 aromatic carbocycles. The average Bonchev–Trinajstić information content (AvgIpc) is 2.87. The van der Waals surface area contributed by atoms with Gasteiger partial charge in [0, 0.05) is 19.0 Å². The minimum atomic E-state index is -0.146. The summed E-state index contributed by atoms with van der Waals surface area (Å²) < 4.78 is 1.64. The number of fused-ring (bicyclic) bond motifs is 1. The predicted octanol–water partition coefficient (Wildman–Crippen LogP) is 5.16. The normalized spacial score (nSPS) is 11.1. The number of hydrogen-bond donors (Lipinski definition) is 1. The molecule has 0 aliphatic rings. The van der Waals surface area contributed by atoms with Crippen molar-refractivity contribution in [2.45, 2.75) is 38.3 Å². The molecule has 0 radical (unpaired) electrons. The maximum atomic E-state index is 13.6. The maximum absolute atomic E-state index is 13.6. The minimum absolute atomic E-state index is 0.0421. The number of nitrogens with zero attached hydrogens (tertiary/aromatic N) is 2. The van der Waals surface area contributed by atoms with Gasteiger partial charge in [-0.05, 0) is 41.7 Å². The molecule has 0 saturated heterocycles. The summed E-state index contributed by atoms with van der Waals surface area (Å²) in [5.41, 5.74) is 3.94. The van der Waals surface area contributed by atoms with E-state index in [1.807, 2.05) is 54.6 Å². The van der Waals surface area contributed by atoms with Crippen LogP contribution in [0.4, 0.5) is 0 Å². The number of nitrogens with one attached hydrogen (secondary N) is 1. The Morgan fingerprint density at radius 1 is 0.972 bits per heavy atom. The standard InChI is InChI=1S/C29H29N3O3S/c1-19(2)23-8-5-7-11-26(23)32-28(35)24-9-4-6-10-25(24)31-29(32)36-18-27(34)22-14-12-21(13-15-22)16-17-30-20(3)33/h4-15,19H,16-18H2,1-3H3,(H,30,33). The average molecular weight is 500 g/mol. The molecule has 1 amide bonds. The van der Waals surface area contributed by atoms with Crippen LogP contribution in [0.2, 0.25) is 0 Å². The van der Waals surface area contributed by atoms with Crippen LogP contribution in [0.15, 0.2) is 82.7 Å². The van der Waals surface area contributed by atoms with E-state index >= 15 is 0 Å². The van der Waals surface area contributed by atoms with Crippen molar-refractivity contribution in [3.8, 4) is 5.69 Å². The van der Waals surface area contributed by atoms with Gasteiger partial charge in [-0.2, -0.15) is 0 Å². The third-order valence-corrected chi connectivity index (χ3v) is 6.88. The molecule has 0 unspecified atom stereocenters. The third-order valence-electron chi connectivity index (χ3n) is 5.94. The summed E-state index contributed by atoms with van der Waals surface area (Å²) in [7, 11) is 0. The van der Waals surface area contributed by atoms with Gasteiger partial charge in [0.1, 0.15) is 0 Å². The van der Waals surface area contributed by atoms with E-state index in [0.29, 0.717) is 34.6 Å². The molecule has 0 saturated carbocycles. The lowest BCUT2D eigenvalue weighted by molar-refractivity contribution is -0.118. The van der Waals surface area contributed by atoms with Crippen molar-refractivity contribution in [3.05, 3.63) is 99.8 Å². The first-order valence-electron chi connectivity index (χ1n) is 12.0. The van der Waals surface area contributed by atoms with Gasteiger partial charge in [0.05, 0.1) is 22.3 Å². The van der Waals surface area contributed by atoms with Crippen LogP contribution in [0.25, 0.3) is 16.6 Å². The Labute approximate surface area is 214 Å².